The number of nitrogens with one attached hydrogen (secondary N) is 1. The average molecular weight is 341 g/mol. The summed E-state index contributed by atoms with van der Waals surface area (Å²) < 4.78 is 5.01. The summed E-state index contributed by atoms with van der Waals surface area (Å²) in [5.41, 5.74) is 0.302. The number of carbonyl (C=O) groups excluding carboxylic acids is 2. The molecule has 2 aromatic rings. The maximum Gasteiger partial charge on any atom is 0.341 e. The van der Waals surface area contributed by atoms with Gasteiger partial charge in [0.05, 0.1) is 18.1 Å². The van der Waals surface area contributed by atoms with E-state index < -0.39 is 18.5 Å². The van der Waals surface area contributed by atoms with E-state index >= 15 is 0 Å². The number of nitriles is 1. The molecule has 0 unspecified atom stereocenters. The fourth-order valence-electron chi connectivity index (χ4n) is 1.75. The normalized spacial score (nSPS) is 9.79. The highest BCUT2D eigenvalue weighted by Crippen LogP contribution is 2.28. The largest absolute Gasteiger partial charge is 0.452 e. The van der Waals surface area contributed by atoms with Crippen molar-refractivity contribution < 1.29 is 14.3 Å². The van der Waals surface area contributed by atoms with Crippen molar-refractivity contribution in [3.8, 4) is 6.07 Å². The molecule has 7 heteroatoms. The second kappa shape index (κ2) is 9.33. The minimum Gasteiger partial charge on any atom is -0.452 e. The number of pyridine rings is 1. The quantitative estimate of drug-likeness (QED) is 0.614. The zero-order valence-electron chi connectivity index (χ0n) is 12.8. The molecule has 122 valence electrons. The third-order valence-electron chi connectivity index (χ3n) is 2.84. The number of esters is 1. The maximum atomic E-state index is 12.2. The number of hydrogen-bond donors (Lipinski definition) is 1. The summed E-state index contributed by atoms with van der Waals surface area (Å²) in [6.45, 7) is -0.163. The van der Waals surface area contributed by atoms with Gasteiger partial charge in [-0.15, -0.1) is 0 Å². The molecule has 0 fully saturated rings. The fourth-order valence-corrected chi connectivity index (χ4v) is 2.64. The zero-order chi connectivity index (χ0) is 17.2. The van der Waals surface area contributed by atoms with E-state index in [1.54, 1.807) is 18.3 Å². The fraction of sp³-hybridized carbons (Fsp3) is 0.176. The van der Waals surface area contributed by atoms with Crippen LogP contribution < -0.4 is 5.32 Å². The second-order valence-corrected chi connectivity index (χ2v) is 5.67. The van der Waals surface area contributed by atoms with Crippen molar-refractivity contribution in [2.45, 2.75) is 16.3 Å². The lowest BCUT2D eigenvalue weighted by Crippen LogP contribution is -2.29. The molecule has 2 rings (SSSR count). The van der Waals surface area contributed by atoms with E-state index in [0.29, 0.717) is 10.6 Å². The van der Waals surface area contributed by atoms with E-state index in [0.717, 1.165) is 4.90 Å². The average Bonchev–Trinajstić information content (AvgIpc) is 2.61. The molecule has 0 bridgehead atoms. The maximum absolute atomic E-state index is 12.2. The number of nitrogens with zero attached hydrogens (tertiary/aromatic N) is 2. The molecule has 0 radical (unpaired) electrons. The van der Waals surface area contributed by atoms with Crippen LogP contribution in [0.4, 0.5) is 0 Å². The van der Waals surface area contributed by atoms with Gasteiger partial charge in [-0.25, -0.2) is 9.78 Å². The minimum absolute atomic E-state index is 0.208. The van der Waals surface area contributed by atoms with E-state index in [-0.39, 0.29) is 13.0 Å². The minimum atomic E-state index is -0.614. The van der Waals surface area contributed by atoms with Crippen LogP contribution in [0, 0.1) is 11.3 Å². The molecule has 0 saturated heterocycles. The van der Waals surface area contributed by atoms with Crippen molar-refractivity contribution in [1.82, 2.24) is 10.3 Å². The van der Waals surface area contributed by atoms with Crippen LogP contribution in [0.1, 0.15) is 16.8 Å². The van der Waals surface area contributed by atoms with Gasteiger partial charge < -0.3 is 10.1 Å². The highest BCUT2D eigenvalue weighted by molar-refractivity contribution is 7.99. The van der Waals surface area contributed by atoms with Crippen molar-refractivity contribution in [3.05, 3.63) is 54.2 Å². The van der Waals surface area contributed by atoms with Crippen molar-refractivity contribution in [3.63, 3.8) is 0 Å². The molecule has 0 aliphatic rings. The van der Waals surface area contributed by atoms with Crippen LogP contribution >= 0.6 is 11.8 Å². The molecule has 1 aromatic heterocycles. The molecule has 1 heterocycles. The molecule has 1 aromatic carbocycles. The Labute approximate surface area is 143 Å². The first-order valence-electron chi connectivity index (χ1n) is 7.19. The molecule has 1 amide bonds. The number of benzene rings is 1. The smallest absolute Gasteiger partial charge is 0.341 e. The van der Waals surface area contributed by atoms with Crippen molar-refractivity contribution in [2.75, 3.05) is 13.2 Å². The van der Waals surface area contributed by atoms with Gasteiger partial charge in [0.1, 0.15) is 5.03 Å². The highest BCUT2D eigenvalue weighted by Gasteiger charge is 2.16. The molecule has 0 aliphatic carbocycles. The van der Waals surface area contributed by atoms with Crippen molar-refractivity contribution >= 4 is 23.6 Å². The SMILES string of the molecule is N#CCCNC(=O)COC(=O)c1cccnc1Sc1ccccc1. The van der Waals surface area contributed by atoms with Gasteiger partial charge >= 0.3 is 5.97 Å². The summed E-state index contributed by atoms with van der Waals surface area (Å²) in [5.74, 6) is -1.06. The highest BCUT2D eigenvalue weighted by atomic mass is 32.2. The Morgan fingerprint density at radius 1 is 1.21 bits per heavy atom. The first-order valence-corrected chi connectivity index (χ1v) is 8.01. The molecule has 24 heavy (non-hydrogen) atoms. The van der Waals surface area contributed by atoms with Crippen LogP contribution in [0.15, 0.2) is 58.6 Å². The third kappa shape index (κ3) is 5.41. The zero-order valence-corrected chi connectivity index (χ0v) is 13.6. The standard InChI is InChI=1S/C17H15N3O3S/c18-9-5-11-19-15(21)12-23-17(22)14-8-4-10-20-16(14)24-13-6-2-1-3-7-13/h1-4,6-8,10H,5,11-12H2,(H,19,21). The molecule has 0 atom stereocenters. The van der Waals surface area contributed by atoms with E-state index in [1.165, 1.54) is 11.8 Å². The Morgan fingerprint density at radius 3 is 2.75 bits per heavy atom. The summed E-state index contributed by atoms with van der Waals surface area (Å²) >= 11 is 1.35. The van der Waals surface area contributed by atoms with E-state index in [1.807, 2.05) is 36.4 Å². The Morgan fingerprint density at radius 2 is 2.00 bits per heavy atom. The Balaban J connectivity index is 1.97. The topological polar surface area (TPSA) is 92.1 Å². The first kappa shape index (κ1) is 17.5. The van der Waals surface area contributed by atoms with Gasteiger partial charge in [-0.3, -0.25) is 4.79 Å². The molecule has 0 spiro atoms. The lowest BCUT2D eigenvalue weighted by molar-refractivity contribution is -0.124. The predicted molar refractivity (Wildman–Crippen MR) is 88.3 cm³/mol. The van der Waals surface area contributed by atoms with Crippen LogP contribution in [-0.4, -0.2) is 30.0 Å². The molecule has 0 saturated carbocycles. The third-order valence-corrected chi connectivity index (χ3v) is 3.87. The van der Waals surface area contributed by atoms with Gasteiger partial charge in [-0.05, 0) is 24.3 Å². The van der Waals surface area contributed by atoms with Gasteiger partial charge in [0.25, 0.3) is 5.91 Å². The van der Waals surface area contributed by atoms with Crippen LogP contribution in [-0.2, 0) is 9.53 Å². The molecule has 1 N–H and O–H groups in total. The summed E-state index contributed by atoms with van der Waals surface area (Å²) in [4.78, 5) is 28.8. The second-order valence-electron chi connectivity index (χ2n) is 4.61. The van der Waals surface area contributed by atoms with Crippen LogP contribution in [0.5, 0.6) is 0 Å². The number of carbonyl (C=O) groups is 2. The summed E-state index contributed by atoms with van der Waals surface area (Å²) in [5, 5.41) is 11.4. The first-order chi connectivity index (χ1) is 11.7. The van der Waals surface area contributed by atoms with Crippen LogP contribution in [0.2, 0.25) is 0 Å². The number of amides is 1. The van der Waals surface area contributed by atoms with E-state index in [9.17, 15) is 9.59 Å². The van der Waals surface area contributed by atoms with Gasteiger partial charge in [-0.1, -0.05) is 30.0 Å². The van der Waals surface area contributed by atoms with Gasteiger partial charge in [0, 0.05) is 17.6 Å². The Hall–Kier alpha value is -2.85. The number of ether oxygens (including phenoxy) is 1. The van der Waals surface area contributed by atoms with E-state index in [4.69, 9.17) is 10.00 Å². The van der Waals surface area contributed by atoms with Crippen molar-refractivity contribution in [2.24, 2.45) is 0 Å². The number of hydrogen-bond acceptors (Lipinski definition) is 6. The molecule has 0 aliphatic heterocycles. The summed E-state index contributed by atoms with van der Waals surface area (Å²) in [7, 11) is 0. The molecular formula is C17H15N3O3S. The van der Waals surface area contributed by atoms with Gasteiger partial charge in [0.15, 0.2) is 6.61 Å². The van der Waals surface area contributed by atoms with Gasteiger partial charge in [-0.2, -0.15) is 5.26 Å². The summed E-state index contributed by atoms with van der Waals surface area (Å²) in [6, 6.07) is 14.7. The van der Waals surface area contributed by atoms with Crippen LogP contribution in [0.25, 0.3) is 0 Å². The molecular weight excluding hydrogens is 326 g/mol. The Bertz CT molecular complexity index is 744. The van der Waals surface area contributed by atoms with Gasteiger partial charge in [0.2, 0.25) is 0 Å². The van der Waals surface area contributed by atoms with Crippen molar-refractivity contribution in [1.29, 1.82) is 5.26 Å². The number of aromatic nitrogens is 1. The van der Waals surface area contributed by atoms with E-state index in [2.05, 4.69) is 10.3 Å². The molecule has 6 nitrogen and oxygen atoms in total. The number of rotatable bonds is 7. The Kier molecular flexibility index (Phi) is 6.80. The van der Waals surface area contributed by atoms with Crippen LogP contribution in [0.3, 0.4) is 0 Å². The monoisotopic (exact) mass is 341 g/mol. The lowest BCUT2D eigenvalue weighted by Gasteiger charge is -2.08. The lowest BCUT2D eigenvalue weighted by atomic mass is 10.3. The summed E-state index contributed by atoms with van der Waals surface area (Å²) in [6.07, 6.45) is 1.80. The predicted octanol–water partition coefficient (Wildman–Crippen LogP) is 2.42.